The molecule has 0 saturated carbocycles. The van der Waals surface area contributed by atoms with E-state index in [1.165, 1.54) is 0 Å². The van der Waals surface area contributed by atoms with Crippen LogP contribution in [0.2, 0.25) is 0 Å². The van der Waals surface area contributed by atoms with E-state index < -0.39 is 18.2 Å². The van der Waals surface area contributed by atoms with Gasteiger partial charge in [0, 0.05) is 0 Å². The number of aliphatic hydroxyl groups excluding tert-OH is 2. The molecular formula is C18H20O5. The molecule has 0 aromatic heterocycles. The third-order valence-electron chi connectivity index (χ3n) is 3.30. The second-order valence-electron chi connectivity index (χ2n) is 4.99. The zero-order valence-electron chi connectivity index (χ0n) is 12.9. The number of aliphatic hydroxyl groups is 2. The lowest BCUT2D eigenvalue weighted by Crippen LogP contribution is -2.29. The van der Waals surface area contributed by atoms with E-state index in [1.807, 2.05) is 30.3 Å². The minimum Gasteiger partial charge on any atom is -0.489 e. The Morgan fingerprint density at radius 2 is 1.70 bits per heavy atom. The molecule has 0 unspecified atom stereocenters. The number of hydrogen-bond acceptors (Lipinski definition) is 5. The lowest BCUT2D eigenvalue weighted by Gasteiger charge is -2.17. The first-order valence-electron chi connectivity index (χ1n) is 7.41. The average molecular weight is 316 g/mol. The molecule has 2 N–H and O–H groups in total. The molecule has 2 aromatic rings. The van der Waals surface area contributed by atoms with Gasteiger partial charge in [-0.05, 0) is 30.2 Å². The van der Waals surface area contributed by atoms with E-state index in [4.69, 9.17) is 4.74 Å². The lowest BCUT2D eigenvalue weighted by atomic mass is 10.0. The number of carbonyl (C=O) groups excluding carboxylic acids is 1. The Bertz CT molecular complexity index is 609. The third-order valence-corrected chi connectivity index (χ3v) is 3.30. The Kier molecular flexibility index (Phi) is 6.14. The molecule has 0 heterocycles. The van der Waals surface area contributed by atoms with Gasteiger partial charge in [0.25, 0.3) is 0 Å². The van der Waals surface area contributed by atoms with Crippen LogP contribution in [0, 0.1) is 0 Å². The van der Waals surface area contributed by atoms with Crippen LogP contribution in [0.25, 0.3) is 0 Å². The number of hydrogen-bond donors (Lipinski definition) is 2. The Morgan fingerprint density at radius 1 is 1.04 bits per heavy atom. The minimum atomic E-state index is -1.61. The highest BCUT2D eigenvalue weighted by Gasteiger charge is 2.26. The summed E-state index contributed by atoms with van der Waals surface area (Å²) in [6, 6.07) is 16.3. The van der Waals surface area contributed by atoms with Gasteiger partial charge in [0.05, 0.1) is 6.61 Å². The predicted molar refractivity (Wildman–Crippen MR) is 84.8 cm³/mol. The molecule has 0 aliphatic rings. The molecule has 0 saturated heterocycles. The Hall–Kier alpha value is -2.37. The maximum Gasteiger partial charge on any atom is 0.338 e. The van der Waals surface area contributed by atoms with Crippen LogP contribution in [-0.4, -0.2) is 28.9 Å². The van der Waals surface area contributed by atoms with Crippen molar-refractivity contribution in [3.8, 4) is 5.75 Å². The average Bonchev–Trinajstić information content (AvgIpc) is 2.60. The van der Waals surface area contributed by atoms with Gasteiger partial charge in [-0.25, -0.2) is 4.79 Å². The van der Waals surface area contributed by atoms with Gasteiger partial charge < -0.3 is 19.7 Å². The van der Waals surface area contributed by atoms with Gasteiger partial charge >= 0.3 is 5.97 Å². The van der Waals surface area contributed by atoms with Gasteiger partial charge in [-0.1, -0.05) is 42.5 Å². The topological polar surface area (TPSA) is 76.0 Å². The first-order chi connectivity index (χ1) is 11.1. The van der Waals surface area contributed by atoms with Crippen molar-refractivity contribution >= 4 is 5.97 Å². The zero-order valence-corrected chi connectivity index (χ0v) is 12.9. The van der Waals surface area contributed by atoms with Crippen LogP contribution < -0.4 is 4.74 Å². The van der Waals surface area contributed by atoms with Gasteiger partial charge in [0.2, 0.25) is 0 Å². The molecule has 0 bridgehead atoms. The van der Waals surface area contributed by atoms with Crippen LogP contribution in [0.15, 0.2) is 54.6 Å². The summed E-state index contributed by atoms with van der Waals surface area (Å²) in [7, 11) is 0. The first kappa shape index (κ1) is 17.0. The molecular weight excluding hydrogens is 296 g/mol. The summed E-state index contributed by atoms with van der Waals surface area (Å²) in [6.07, 6.45) is -2.94. The first-order valence-corrected chi connectivity index (χ1v) is 7.41. The van der Waals surface area contributed by atoms with Crippen molar-refractivity contribution < 1.29 is 24.5 Å². The summed E-state index contributed by atoms with van der Waals surface area (Å²) in [5.41, 5.74) is 1.46. The third kappa shape index (κ3) is 4.81. The largest absolute Gasteiger partial charge is 0.489 e. The van der Waals surface area contributed by atoms with E-state index in [0.29, 0.717) is 17.9 Å². The summed E-state index contributed by atoms with van der Waals surface area (Å²) in [6.45, 7) is 2.22. The van der Waals surface area contributed by atoms with Gasteiger partial charge in [-0.15, -0.1) is 0 Å². The summed E-state index contributed by atoms with van der Waals surface area (Å²) in [4.78, 5) is 11.4. The van der Waals surface area contributed by atoms with Crippen molar-refractivity contribution in [1.82, 2.24) is 0 Å². The maximum absolute atomic E-state index is 11.4. The Balaban J connectivity index is 1.94. The van der Waals surface area contributed by atoms with Crippen LogP contribution >= 0.6 is 0 Å². The molecule has 23 heavy (non-hydrogen) atoms. The molecule has 0 aliphatic carbocycles. The molecule has 0 radical (unpaired) electrons. The molecule has 122 valence electrons. The maximum atomic E-state index is 11.4. The van der Waals surface area contributed by atoms with E-state index in [9.17, 15) is 15.0 Å². The van der Waals surface area contributed by atoms with Crippen molar-refractivity contribution in [2.24, 2.45) is 0 Å². The minimum absolute atomic E-state index is 0.148. The summed E-state index contributed by atoms with van der Waals surface area (Å²) < 4.78 is 10.3. The van der Waals surface area contributed by atoms with Crippen molar-refractivity contribution in [3.63, 3.8) is 0 Å². The van der Waals surface area contributed by atoms with Crippen LogP contribution in [-0.2, 0) is 16.1 Å². The van der Waals surface area contributed by atoms with Gasteiger partial charge in [-0.2, -0.15) is 0 Å². The highest BCUT2D eigenvalue weighted by Crippen LogP contribution is 2.21. The zero-order chi connectivity index (χ0) is 16.7. The molecule has 0 amide bonds. The highest BCUT2D eigenvalue weighted by atomic mass is 16.5. The van der Waals surface area contributed by atoms with Crippen molar-refractivity contribution in [3.05, 3.63) is 65.7 Å². The number of rotatable bonds is 7. The molecule has 0 fully saturated rings. The smallest absolute Gasteiger partial charge is 0.338 e. The second-order valence-corrected chi connectivity index (χ2v) is 4.99. The van der Waals surface area contributed by atoms with Gasteiger partial charge in [-0.3, -0.25) is 0 Å². The molecule has 2 atom stereocenters. The fourth-order valence-electron chi connectivity index (χ4n) is 2.04. The molecule has 0 spiro atoms. The van der Waals surface area contributed by atoms with Gasteiger partial charge in [0.15, 0.2) is 6.10 Å². The molecule has 2 aromatic carbocycles. The Labute approximate surface area is 135 Å². The molecule has 2 rings (SSSR count). The number of ether oxygens (including phenoxy) is 2. The standard InChI is InChI=1S/C18H20O5/c1-2-22-18(21)17(20)16(19)14-8-10-15(11-9-14)23-12-13-6-4-3-5-7-13/h3-11,16-17,19-20H,2,12H2,1H3/t16-,17+/m0/s1. The van der Waals surface area contributed by atoms with E-state index >= 15 is 0 Å². The predicted octanol–water partition coefficient (Wildman–Crippen LogP) is 2.22. The van der Waals surface area contributed by atoms with Gasteiger partial charge in [0.1, 0.15) is 18.5 Å². The SMILES string of the molecule is CCOC(=O)[C@H](O)[C@@H](O)c1ccc(OCc2ccccc2)cc1. The van der Waals surface area contributed by atoms with E-state index in [1.54, 1.807) is 31.2 Å². The van der Waals surface area contributed by atoms with E-state index in [-0.39, 0.29) is 6.61 Å². The fourth-order valence-corrected chi connectivity index (χ4v) is 2.04. The van der Waals surface area contributed by atoms with Crippen LogP contribution in [0.3, 0.4) is 0 Å². The molecule has 5 heteroatoms. The number of carbonyl (C=O) groups is 1. The van der Waals surface area contributed by atoms with Crippen LogP contribution in [0.4, 0.5) is 0 Å². The summed E-state index contributed by atoms with van der Waals surface area (Å²) >= 11 is 0. The van der Waals surface area contributed by atoms with Crippen molar-refractivity contribution in [1.29, 1.82) is 0 Å². The number of benzene rings is 2. The quantitative estimate of drug-likeness (QED) is 0.766. The monoisotopic (exact) mass is 316 g/mol. The van der Waals surface area contributed by atoms with E-state index in [0.717, 1.165) is 5.56 Å². The fraction of sp³-hybridized carbons (Fsp3) is 0.278. The normalized spacial score (nSPS) is 13.2. The van der Waals surface area contributed by atoms with Crippen molar-refractivity contribution in [2.75, 3.05) is 6.61 Å². The molecule has 0 aliphatic heterocycles. The summed E-state index contributed by atoms with van der Waals surface area (Å²) in [5, 5.41) is 19.7. The summed E-state index contributed by atoms with van der Waals surface area (Å²) in [5.74, 6) is -0.208. The number of esters is 1. The van der Waals surface area contributed by atoms with Crippen LogP contribution in [0.1, 0.15) is 24.2 Å². The highest BCUT2D eigenvalue weighted by molar-refractivity contribution is 5.75. The van der Waals surface area contributed by atoms with Crippen LogP contribution in [0.5, 0.6) is 5.75 Å². The van der Waals surface area contributed by atoms with Crippen molar-refractivity contribution in [2.45, 2.75) is 25.7 Å². The lowest BCUT2D eigenvalue weighted by molar-refractivity contribution is -0.159. The molecule has 5 nitrogen and oxygen atoms in total. The Morgan fingerprint density at radius 3 is 2.30 bits per heavy atom. The second kappa shape index (κ2) is 8.31. The van der Waals surface area contributed by atoms with E-state index in [2.05, 4.69) is 4.74 Å².